The van der Waals surface area contributed by atoms with Gasteiger partial charge in [0.15, 0.2) is 0 Å². The molecule has 0 aliphatic carbocycles. The zero-order chi connectivity index (χ0) is 18.4. The van der Waals surface area contributed by atoms with E-state index in [0.29, 0.717) is 13.1 Å². The van der Waals surface area contributed by atoms with Crippen LogP contribution < -0.4 is 4.74 Å². The number of halogens is 1. The molecule has 0 saturated carbocycles. The van der Waals surface area contributed by atoms with Crippen LogP contribution in [0.15, 0.2) is 48.5 Å². The van der Waals surface area contributed by atoms with Crippen LogP contribution in [0.2, 0.25) is 0 Å². The lowest BCUT2D eigenvalue weighted by Gasteiger charge is -2.28. The van der Waals surface area contributed by atoms with E-state index in [9.17, 15) is 9.18 Å². The third-order valence-electron chi connectivity index (χ3n) is 4.27. The number of nitrogens with zero attached hydrogens (tertiary/aromatic N) is 2. The van der Waals surface area contributed by atoms with Crippen molar-refractivity contribution in [2.24, 2.45) is 0 Å². The van der Waals surface area contributed by atoms with E-state index in [1.807, 2.05) is 49.2 Å². The van der Waals surface area contributed by atoms with Gasteiger partial charge in [0.2, 0.25) is 5.91 Å². The highest BCUT2D eigenvalue weighted by Crippen LogP contribution is 2.16. The van der Waals surface area contributed by atoms with Crippen molar-refractivity contribution in [3.8, 4) is 5.75 Å². The first-order chi connectivity index (χ1) is 11.9. The van der Waals surface area contributed by atoms with Gasteiger partial charge in [-0.2, -0.15) is 0 Å². The van der Waals surface area contributed by atoms with Crippen LogP contribution in [0, 0.1) is 5.82 Å². The smallest absolute Gasteiger partial charge is 0.239 e. The van der Waals surface area contributed by atoms with Gasteiger partial charge in [0.25, 0.3) is 0 Å². The predicted octanol–water partition coefficient (Wildman–Crippen LogP) is 3.31. The van der Waals surface area contributed by atoms with Crippen molar-refractivity contribution < 1.29 is 13.9 Å². The third-order valence-corrected chi connectivity index (χ3v) is 4.27. The zero-order valence-corrected chi connectivity index (χ0v) is 15.2. The number of hydrogen-bond donors (Lipinski definition) is 0. The Morgan fingerprint density at radius 3 is 2.36 bits per heavy atom. The number of methoxy groups -OCH3 is 1. The second-order valence-electron chi connectivity index (χ2n) is 6.27. The van der Waals surface area contributed by atoms with Crippen molar-refractivity contribution in [2.75, 3.05) is 21.2 Å². The number of rotatable bonds is 7. The zero-order valence-electron chi connectivity index (χ0n) is 15.2. The number of likely N-dealkylation sites (N-methyl/N-ethyl adjacent to an activating group) is 2. The van der Waals surface area contributed by atoms with Crippen LogP contribution in [0.5, 0.6) is 5.75 Å². The summed E-state index contributed by atoms with van der Waals surface area (Å²) in [5, 5.41) is 0. The SMILES string of the molecule is COc1cccc(CN(C)C(C)C(=O)N(C)Cc2cccc(F)c2)c1. The molecule has 0 aliphatic rings. The summed E-state index contributed by atoms with van der Waals surface area (Å²) < 4.78 is 18.5. The molecule has 4 nitrogen and oxygen atoms in total. The Balaban J connectivity index is 1.97. The molecule has 0 aromatic heterocycles. The topological polar surface area (TPSA) is 32.8 Å². The number of carbonyl (C=O) groups excluding carboxylic acids is 1. The Morgan fingerprint density at radius 2 is 1.72 bits per heavy atom. The molecule has 2 aromatic carbocycles. The normalized spacial score (nSPS) is 12.1. The highest BCUT2D eigenvalue weighted by Gasteiger charge is 2.22. The van der Waals surface area contributed by atoms with E-state index in [1.165, 1.54) is 12.1 Å². The van der Waals surface area contributed by atoms with Crippen LogP contribution in [0.4, 0.5) is 4.39 Å². The van der Waals surface area contributed by atoms with Gasteiger partial charge in [0, 0.05) is 20.1 Å². The van der Waals surface area contributed by atoms with Crippen LogP contribution in [0.1, 0.15) is 18.1 Å². The molecule has 0 bridgehead atoms. The number of hydrogen-bond acceptors (Lipinski definition) is 3. The van der Waals surface area contributed by atoms with Crippen molar-refractivity contribution in [1.82, 2.24) is 9.80 Å². The minimum Gasteiger partial charge on any atom is -0.497 e. The van der Waals surface area contributed by atoms with Gasteiger partial charge in [-0.15, -0.1) is 0 Å². The number of ether oxygens (including phenoxy) is 1. The summed E-state index contributed by atoms with van der Waals surface area (Å²) in [7, 11) is 5.29. The Bertz CT molecular complexity index is 720. The standard InChI is InChI=1S/C20H25FN2O2/c1-15(22(2)13-17-8-6-10-19(12-17)25-4)20(24)23(3)14-16-7-5-9-18(21)11-16/h5-12,15H,13-14H2,1-4H3. The minimum atomic E-state index is -0.290. The van der Waals surface area contributed by atoms with Crippen molar-refractivity contribution >= 4 is 5.91 Å². The fourth-order valence-corrected chi connectivity index (χ4v) is 2.69. The minimum absolute atomic E-state index is 0.00495. The van der Waals surface area contributed by atoms with Crippen LogP contribution in [0.3, 0.4) is 0 Å². The first-order valence-corrected chi connectivity index (χ1v) is 8.23. The largest absolute Gasteiger partial charge is 0.497 e. The fraction of sp³-hybridized carbons (Fsp3) is 0.350. The second-order valence-corrected chi connectivity index (χ2v) is 6.27. The van der Waals surface area contributed by atoms with Crippen LogP contribution in [-0.4, -0.2) is 43.0 Å². The maximum Gasteiger partial charge on any atom is 0.239 e. The molecule has 134 valence electrons. The van der Waals surface area contributed by atoms with Crippen LogP contribution in [0.25, 0.3) is 0 Å². The van der Waals surface area contributed by atoms with Gasteiger partial charge in [-0.3, -0.25) is 9.69 Å². The molecule has 0 heterocycles. The van der Waals surface area contributed by atoms with Crippen molar-refractivity contribution in [3.63, 3.8) is 0 Å². The third kappa shape index (κ3) is 5.29. The van der Waals surface area contributed by atoms with Gasteiger partial charge >= 0.3 is 0 Å². The molecule has 1 unspecified atom stereocenters. The molecule has 5 heteroatoms. The summed E-state index contributed by atoms with van der Waals surface area (Å²) in [4.78, 5) is 16.3. The Kier molecular flexibility index (Phi) is 6.53. The van der Waals surface area contributed by atoms with Gasteiger partial charge in [-0.25, -0.2) is 4.39 Å². The lowest BCUT2D eigenvalue weighted by Crippen LogP contribution is -2.43. The van der Waals surface area contributed by atoms with Gasteiger partial charge in [-0.1, -0.05) is 24.3 Å². The fourth-order valence-electron chi connectivity index (χ4n) is 2.69. The van der Waals surface area contributed by atoms with Crippen molar-refractivity contribution in [2.45, 2.75) is 26.1 Å². The molecule has 2 rings (SSSR count). The molecule has 2 aromatic rings. The van der Waals surface area contributed by atoms with E-state index in [2.05, 4.69) is 0 Å². The predicted molar refractivity (Wildman–Crippen MR) is 96.8 cm³/mol. The number of carbonyl (C=O) groups is 1. The molecule has 0 saturated heterocycles. The maximum absolute atomic E-state index is 13.3. The van der Waals surface area contributed by atoms with Crippen LogP contribution in [-0.2, 0) is 17.9 Å². The van der Waals surface area contributed by atoms with E-state index in [4.69, 9.17) is 4.74 Å². The highest BCUT2D eigenvalue weighted by atomic mass is 19.1. The Labute approximate surface area is 148 Å². The monoisotopic (exact) mass is 344 g/mol. The molecule has 0 fully saturated rings. The van der Waals surface area contributed by atoms with Gasteiger partial charge < -0.3 is 9.64 Å². The Hall–Kier alpha value is -2.40. The molecule has 0 spiro atoms. The molecule has 0 aliphatic heterocycles. The average molecular weight is 344 g/mol. The molecular formula is C20H25FN2O2. The summed E-state index contributed by atoms with van der Waals surface area (Å²) in [6.45, 7) is 2.90. The van der Waals surface area contributed by atoms with Gasteiger partial charge in [0.1, 0.15) is 11.6 Å². The number of benzene rings is 2. The molecule has 0 radical (unpaired) electrons. The van der Waals surface area contributed by atoms with E-state index >= 15 is 0 Å². The van der Waals surface area contributed by atoms with E-state index in [1.54, 1.807) is 25.1 Å². The summed E-state index contributed by atoms with van der Waals surface area (Å²) >= 11 is 0. The van der Waals surface area contributed by atoms with Crippen molar-refractivity contribution in [1.29, 1.82) is 0 Å². The van der Waals surface area contributed by atoms with Crippen molar-refractivity contribution in [3.05, 3.63) is 65.5 Å². The van der Waals surface area contributed by atoms with Gasteiger partial charge in [-0.05, 0) is 49.4 Å². The maximum atomic E-state index is 13.3. The molecule has 25 heavy (non-hydrogen) atoms. The molecule has 0 N–H and O–H groups in total. The summed E-state index contributed by atoms with van der Waals surface area (Å²) in [6.07, 6.45) is 0. The summed E-state index contributed by atoms with van der Waals surface area (Å²) in [5.41, 5.74) is 1.85. The summed E-state index contributed by atoms with van der Waals surface area (Å²) in [6, 6.07) is 13.8. The lowest BCUT2D eigenvalue weighted by atomic mass is 10.1. The second kappa shape index (κ2) is 8.62. The van der Waals surface area contributed by atoms with E-state index in [-0.39, 0.29) is 17.8 Å². The van der Waals surface area contributed by atoms with E-state index in [0.717, 1.165) is 16.9 Å². The quantitative estimate of drug-likeness (QED) is 0.772. The lowest BCUT2D eigenvalue weighted by molar-refractivity contribution is -0.135. The molecule has 1 atom stereocenters. The number of amides is 1. The molecule has 1 amide bonds. The highest BCUT2D eigenvalue weighted by molar-refractivity contribution is 5.81. The first kappa shape index (κ1) is 18.9. The first-order valence-electron chi connectivity index (χ1n) is 8.23. The van der Waals surface area contributed by atoms with E-state index < -0.39 is 0 Å². The van der Waals surface area contributed by atoms with Gasteiger partial charge in [0.05, 0.1) is 13.2 Å². The molecular weight excluding hydrogens is 319 g/mol. The Morgan fingerprint density at radius 1 is 1.08 bits per heavy atom. The average Bonchev–Trinajstić information content (AvgIpc) is 2.60. The van der Waals surface area contributed by atoms with Crippen LogP contribution >= 0.6 is 0 Å². The summed E-state index contributed by atoms with van der Waals surface area (Å²) in [5.74, 6) is 0.504.